The summed E-state index contributed by atoms with van der Waals surface area (Å²) in [5, 5.41) is 3.00. The number of carbonyl (C=O) groups excluding carboxylic acids is 2. The first-order valence-corrected chi connectivity index (χ1v) is 9.03. The molecule has 1 saturated carbocycles. The molecule has 2 fully saturated rings. The Morgan fingerprint density at radius 1 is 1.25 bits per heavy atom. The molecule has 6 heteroatoms. The average molecular weight is 330 g/mol. The van der Waals surface area contributed by atoms with Gasteiger partial charge in [-0.05, 0) is 25.2 Å². The van der Waals surface area contributed by atoms with E-state index in [0.29, 0.717) is 31.7 Å². The molecular weight excluding hydrogens is 304 g/mol. The molecule has 0 spiro atoms. The molecule has 3 rings (SSSR count). The predicted octanol–water partition coefficient (Wildman–Crippen LogP) is 1.71. The Kier molecular flexibility index (Phi) is 5.77. The molecule has 1 aromatic rings. The highest BCUT2D eigenvalue weighted by molar-refractivity contribution is 5.82. The Morgan fingerprint density at radius 3 is 2.83 bits per heavy atom. The number of hydrogen-bond donors (Lipinski definition) is 1. The Hall–Kier alpha value is -1.98. The van der Waals surface area contributed by atoms with Crippen LogP contribution in [0.4, 0.5) is 0 Å². The largest absolute Gasteiger partial charge is 0.351 e. The number of nitrogens with one attached hydrogen (secondary N) is 1. The molecule has 1 aliphatic heterocycles. The van der Waals surface area contributed by atoms with Gasteiger partial charge < -0.3 is 10.2 Å². The molecule has 0 radical (unpaired) electrons. The summed E-state index contributed by atoms with van der Waals surface area (Å²) >= 11 is 0. The van der Waals surface area contributed by atoms with Gasteiger partial charge in [-0.3, -0.25) is 19.6 Å². The normalized spacial score (nSPS) is 21.9. The van der Waals surface area contributed by atoms with E-state index in [2.05, 4.69) is 15.3 Å². The SMILES string of the molecule is O=C(CCc1cnccn1)N[C@H]1CC(=O)N(CC2CCCCC2)C1. The lowest BCUT2D eigenvalue weighted by atomic mass is 9.89. The second-order valence-corrected chi connectivity index (χ2v) is 6.97. The van der Waals surface area contributed by atoms with Gasteiger partial charge in [0.25, 0.3) is 0 Å². The highest BCUT2D eigenvalue weighted by Crippen LogP contribution is 2.26. The minimum absolute atomic E-state index is 0.0158. The lowest BCUT2D eigenvalue weighted by Crippen LogP contribution is -2.38. The fraction of sp³-hybridized carbons (Fsp3) is 0.667. The van der Waals surface area contributed by atoms with Gasteiger partial charge in [-0.25, -0.2) is 0 Å². The first-order valence-electron chi connectivity index (χ1n) is 9.03. The van der Waals surface area contributed by atoms with Crippen molar-refractivity contribution in [2.75, 3.05) is 13.1 Å². The third-order valence-corrected chi connectivity index (χ3v) is 5.01. The van der Waals surface area contributed by atoms with Crippen molar-refractivity contribution in [3.63, 3.8) is 0 Å². The summed E-state index contributed by atoms with van der Waals surface area (Å²) in [4.78, 5) is 34.4. The zero-order valence-corrected chi connectivity index (χ0v) is 14.1. The molecule has 1 aliphatic carbocycles. The van der Waals surface area contributed by atoms with Crippen LogP contribution in [0.25, 0.3) is 0 Å². The molecule has 2 heterocycles. The minimum Gasteiger partial charge on any atom is -0.351 e. The molecule has 24 heavy (non-hydrogen) atoms. The highest BCUT2D eigenvalue weighted by Gasteiger charge is 2.32. The van der Waals surface area contributed by atoms with Crippen molar-refractivity contribution in [1.29, 1.82) is 0 Å². The van der Waals surface area contributed by atoms with Crippen molar-refractivity contribution < 1.29 is 9.59 Å². The zero-order chi connectivity index (χ0) is 16.8. The Labute approximate surface area is 143 Å². The van der Waals surface area contributed by atoms with E-state index in [1.54, 1.807) is 18.6 Å². The smallest absolute Gasteiger partial charge is 0.224 e. The molecule has 2 aliphatic rings. The number of likely N-dealkylation sites (tertiary alicyclic amines) is 1. The summed E-state index contributed by atoms with van der Waals surface area (Å²) in [6.45, 7) is 1.52. The molecule has 130 valence electrons. The molecule has 1 N–H and O–H groups in total. The summed E-state index contributed by atoms with van der Waals surface area (Å²) in [7, 11) is 0. The molecule has 2 amide bonds. The summed E-state index contributed by atoms with van der Waals surface area (Å²) < 4.78 is 0. The van der Waals surface area contributed by atoms with E-state index in [1.165, 1.54) is 32.1 Å². The van der Waals surface area contributed by atoms with Crippen LogP contribution in [-0.4, -0.2) is 45.8 Å². The zero-order valence-electron chi connectivity index (χ0n) is 14.1. The molecule has 1 aromatic heterocycles. The maximum atomic E-state index is 12.2. The first kappa shape index (κ1) is 16.9. The van der Waals surface area contributed by atoms with E-state index in [0.717, 1.165) is 12.2 Å². The van der Waals surface area contributed by atoms with Crippen molar-refractivity contribution in [2.45, 2.75) is 57.4 Å². The van der Waals surface area contributed by atoms with Crippen LogP contribution in [0.1, 0.15) is 50.6 Å². The van der Waals surface area contributed by atoms with Gasteiger partial charge in [0.2, 0.25) is 11.8 Å². The van der Waals surface area contributed by atoms with E-state index in [4.69, 9.17) is 0 Å². The van der Waals surface area contributed by atoms with Gasteiger partial charge >= 0.3 is 0 Å². The van der Waals surface area contributed by atoms with Crippen LogP contribution in [0.15, 0.2) is 18.6 Å². The summed E-state index contributed by atoms with van der Waals surface area (Å²) in [6, 6.07) is -0.0459. The van der Waals surface area contributed by atoms with Crippen LogP contribution in [-0.2, 0) is 16.0 Å². The quantitative estimate of drug-likeness (QED) is 0.861. The molecular formula is C18H26N4O2. The van der Waals surface area contributed by atoms with Gasteiger partial charge in [0.15, 0.2) is 0 Å². The number of aryl methyl sites for hydroxylation is 1. The Morgan fingerprint density at radius 2 is 2.08 bits per heavy atom. The highest BCUT2D eigenvalue weighted by atomic mass is 16.2. The molecule has 0 unspecified atom stereocenters. The summed E-state index contributed by atoms with van der Waals surface area (Å²) in [5.41, 5.74) is 0.814. The van der Waals surface area contributed by atoms with Crippen molar-refractivity contribution >= 4 is 11.8 Å². The summed E-state index contributed by atoms with van der Waals surface area (Å²) in [5.74, 6) is 0.812. The lowest BCUT2D eigenvalue weighted by Gasteiger charge is -2.27. The molecule has 1 saturated heterocycles. The number of rotatable bonds is 6. The van der Waals surface area contributed by atoms with Gasteiger partial charge in [-0.2, -0.15) is 0 Å². The number of amides is 2. The van der Waals surface area contributed by atoms with Crippen molar-refractivity contribution in [3.05, 3.63) is 24.3 Å². The first-order chi connectivity index (χ1) is 11.7. The molecule has 6 nitrogen and oxygen atoms in total. The maximum absolute atomic E-state index is 12.2. The van der Waals surface area contributed by atoms with E-state index in [9.17, 15) is 9.59 Å². The van der Waals surface area contributed by atoms with Gasteiger partial charge in [0.05, 0.1) is 11.7 Å². The van der Waals surface area contributed by atoms with E-state index in [1.807, 2.05) is 4.90 Å². The molecule has 0 bridgehead atoms. The fourth-order valence-electron chi connectivity index (χ4n) is 3.73. The number of carbonyl (C=O) groups is 2. The van der Waals surface area contributed by atoms with Crippen LogP contribution >= 0.6 is 0 Å². The second-order valence-electron chi connectivity index (χ2n) is 6.97. The summed E-state index contributed by atoms with van der Waals surface area (Å²) in [6.07, 6.45) is 12.7. The van der Waals surface area contributed by atoms with Crippen molar-refractivity contribution in [2.24, 2.45) is 5.92 Å². The van der Waals surface area contributed by atoms with Crippen LogP contribution in [0.5, 0.6) is 0 Å². The van der Waals surface area contributed by atoms with Gasteiger partial charge in [-0.15, -0.1) is 0 Å². The maximum Gasteiger partial charge on any atom is 0.224 e. The van der Waals surface area contributed by atoms with Crippen LogP contribution < -0.4 is 5.32 Å². The van der Waals surface area contributed by atoms with Crippen LogP contribution in [0.3, 0.4) is 0 Å². The van der Waals surface area contributed by atoms with E-state index in [-0.39, 0.29) is 17.9 Å². The van der Waals surface area contributed by atoms with Gasteiger partial charge in [0, 0.05) is 44.5 Å². The number of hydrogen-bond acceptors (Lipinski definition) is 4. The van der Waals surface area contributed by atoms with Crippen LogP contribution in [0.2, 0.25) is 0 Å². The Bertz CT molecular complexity index is 557. The van der Waals surface area contributed by atoms with Gasteiger partial charge in [-0.1, -0.05) is 19.3 Å². The van der Waals surface area contributed by atoms with E-state index >= 15 is 0 Å². The fourth-order valence-corrected chi connectivity index (χ4v) is 3.73. The number of nitrogens with zero attached hydrogens (tertiary/aromatic N) is 3. The lowest BCUT2D eigenvalue weighted by molar-refractivity contribution is -0.128. The number of aromatic nitrogens is 2. The molecule has 1 atom stereocenters. The monoisotopic (exact) mass is 330 g/mol. The van der Waals surface area contributed by atoms with Gasteiger partial charge in [0.1, 0.15) is 0 Å². The standard InChI is InChI=1S/C18H26N4O2/c23-17(7-6-15-11-19-8-9-20-15)21-16-10-18(24)22(13-16)12-14-4-2-1-3-5-14/h8-9,11,14,16H,1-7,10,12-13H2,(H,21,23)/t16-/m0/s1. The Balaban J connectivity index is 1.41. The second kappa shape index (κ2) is 8.22. The third-order valence-electron chi connectivity index (χ3n) is 5.01. The third kappa shape index (κ3) is 4.76. The molecule has 0 aromatic carbocycles. The topological polar surface area (TPSA) is 75.2 Å². The van der Waals surface area contributed by atoms with E-state index < -0.39 is 0 Å². The van der Waals surface area contributed by atoms with Crippen molar-refractivity contribution in [1.82, 2.24) is 20.2 Å². The predicted molar refractivity (Wildman–Crippen MR) is 90.1 cm³/mol. The van der Waals surface area contributed by atoms with Crippen LogP contribution in [0, 0.1) is 5.92 Å². The average Bonchev–Trinajstić information content (AvgIpc) is 2.94. The van der Waals surface area contributed by atoms with Crippen molar-refractivity contribution in [3.8, 4) is 0 Å². The minimum atomic E-state index is -0.0459.